The summed E-state index contributed by atoms with van der Waals surface area (Å²) >= 11 is 8.49. The number of ether oxygens (including phenoxy) is 1. The summed E-state index contributed by atoms with van der Waals surface area (Å²) in [5.74, 6) is 1.70. The molecule has 3 N–H and O–H groups in total. The molecule has 0 bridgehead atoms. The van der Waals surface area contributed by atoms with Crippen molar-refractivity contribution >= 4 is 75.7 Å². The van der Waals surface area contributed by atoms with Crippen LogP contribution in [-0.2, 0) is 0 Å². The maximum absolute atomic E-state index is 12.2. The average Bonchev–Trinajstić information content (AvgIpc) is 2.68. The lowest BCUT2D eigenvalue weighted by Gasteiger charge is -2.28. The first-order chi connectivity index (χ1) is 13.6. The van der Waals surface area contributed by atoms with Crippen molar-refractivity contribution in [1.29, 1.82) is 0 Å². The second kappa shape index (κ2) is 11.4. The summed E-state index contributed by atoms with van der Waals surface area (Å²) in [6.07, 6.45) is 1.86. The highest BCUT2D eigenvalue weighted by atomic mass is 127. The molecule has 0 amide bonds. The van der Waals surface area contributed by atoms with Gasteiger partial charge < -0.3 is 20.4 Å². The summed E-state index contributed by atoms with van der Waals surface area (Å²) in [5, 5.41) is 8.36. The molecule has 0 radical (unpaired) electrons. The third-order valence-corrected chi connectivity index (χ3v) is 5.88. The Hall–Kier alpha value is -1.19. The van der Waals surface area contributed by atoms with Crippen LogP contribution in [0.4, 0.5) is 5.82 Å². The first-order valence-corrected chi connectivity index (χ1v) is 10.8. The Morgan fingerprint density at radius 1 is 1.17 bits per heavy atom. The van der Waals surface area contributed by atoms with Crippen molar-refractivity contribution in [1.82, 2.24) is 10.3 Å². The van der Waals surface area contributed by atoms with Gasteiger partial charge in [-0.2, -0.15) is 0 Å². The number of para-hydroxylation sites is 1. The number of aromatic nitrogens is 1. The highest BCUT2D eigenvalue weighted by Gasteiger charge is 2.23. The average molecular weight is 583 g/mol. The van der Waals surface area contributed by atoms with E-state index < -0.39 is 0 Å². The molecular formula is C21H23Cl3IN3O2. The fourth-order valence-electron chi connectivity index (χ4n) is 3.52. The van der Waals surface area contributed by atoms with Gasteiger partial charge in [0.1, 0.15) is 11.6 Å². The van der Waals surface area contributed by atoms with Crippen molar-refractivity contribution in [2.24, 2.45) is 0 Å². The van der Waals surface area contributed by atoms with Gasteiger partial charge in [0.15, 0.2) is 5.43 Å². The van der Waals surface area contributed by atoms with Gasteiger partial charge in [0.05, 0.1) is 15.7 Å². The second-order valence-corrected chi connectivity index (χ2v) is 8.42. The van der Waals surface area contributed by atoms with Gasteiger partial charge in [0.25, 0.3) is 0 Å². The molecule has 1 aliphatic heterocycles. The first kappa shape index (κ1) is 25.1. The number of halogens is 4. The number of hydrogen-bond acceptors (Lipinski definition) is 4. The van der Waals surface area contributed by atoms with E-state index in [2.05, 4.69) is 38.2 Å². The van der Waals surface area contributed by atoms with Gasteiger partial charge in [-0.25, -0.2) is 0 Å². The second-order valence-electron chi connectivity index (χ2n) is 6.82. The fraction of sp³-hybridized carbons (Fsp3) is 0.286. The number of nitrogens with one attached hydrogen (secondary N) is 3. The van der Waals surface area contributed by atoms with Crippen LogP contribution in [0.5, 0.6) is 5.75 Å². The van der Waals surface area contributed by atoms with Crippen LogP contribution in [0.3, 0.4) is 0 Å². The molecule has 0 aliphatic carbocycles. The number of benzene rings is 2. The summed E-state index contributed by atoms with van der Waals surface area (Å²) in [7, 11) is 0. The van der Waals surface area contributed by atoms with Crippen molar-refractivity contribution < 1.29 is 4.74 Å². The molecule has 0 fully saturated rings. The van der Waals surface area contributed by atoms with Gasteiger partial charge in [-0.15, -0.1) is 24.8 Å². The van der Waals surface area contributed by atoms with Gasteiger partial charge in [-0.1, -0.05) is 23.7 Å². The summed E-state index contributed by atoms with van der Waals surface area (Å²) in [4.78, 5) is 15.4. The lowest BCUT2D eigenvalue weighted by molar-refractivity contribution is 0.251. The van der Waals surface area contributed by atoms with Crippen molar-refractivity contribution in [2.75, 3.05) is 25.0 Å². The molecule has 0 saturated carbocycles. The van der Waals surface area contributed by atoms with Gasteiger partial charge in [-0.3, -0.25) is 4.79 Å². The van der Waals surface area contributed by atoms with E-state index in [1.807, 2.05) is 36.4 Å². The quantitative estimate of drug-likeness (QED) is 0.264. The number of fused-ring (bicyclic) bond motifs is 2. The molecule has 30 heavy (non-hydrogen) atoms. The molecule has 0 saturated heterocycles. The largest absolute Gasteiger partial charge is 0.492 e. The molecule has 2 aromatic carbocycles. The molecule has 0 spiro atoms. The predicted octanol–water partition coefficient (Wildman–Crippen LogP) is 5.55. The SMILES string of the molecule is Cl.Cl.O=c1cc(NCCCNC2CCOc3c(I)cc(Cl)cc32)[nH]c2ccccc12. The van der Waals surface area contributed by atoms with Crippen molar-refractivity contribution in [3.8, 4) is 5.75 Å². The summed E-state index contributed by atoms with van der Waals surface area (Å²) < 4.78 is 6.87. The first-order valence-electron chi connectivity index (χ1n) is 9.33. The summed E-state index contributed by atoms with van der Waals surface area (Å²) in [6.45, 7) is 2.33. The summed E-state index contributed by atoms with van der Waals surface area (Å²) in [5.41, 5.74) is 2.01. The van der Waals surface area contributed by atoms with Crippen LogP contribution >= 0.6 is 59.0 Å². The number of aromatic amines is 1. The lowest BCUT2D eigenvalue weighted by Crippen LogP contribution is -2.29. The van der Waals surface area contributed by atoms with Gasteiger partial charge in [-0.05, 0) is 59.8 Å². The Morgan fingerprint density at radius 2 is 1.97 bits per heavy atom. The van der Waals surface area contributed by atoms with Crippen LogP contribution in [-0.4, -0.2) is 24.7 Å². The molecule has 1 aromatic heterocycles. The topological polar surface area (TPSA) is 66.2 Å². The van der Waals surface area contributed by atoms with Crippen molar-refractivity contribution in [3.05, 3.63) is 66.8 Å². The maximum atomic E-state index is 12.2. The molecular weight excluding hydrogens is 560 g/mol. The van der Waals surface area contributed by atoms with E-state index in [-0.39, 0.29) is 36.3 Å². The maximum Gasteiger partial charge on any atom is 0.191 e. The van der Waals surface area contributed by atoms with Gasteiger partial charge in [0.2, 0.25) is 0 Å². The zero-order valence-corrected chi connectivity index (χ0v) is 20.6. The van der Waals surface area contributed by atoms with E-state index in [0.717, 1.165) is 57.2 Å². The van der Waals surface area contributed by atoms with Crippen LogP contribution in [0.2, 0.25) is 5.02 Å². The van der Waals surface area contributed by atoms with E-state index in [1.165, 1.54) is 0 Å². The Labute approximate surface area is 206 Å². The van der Waals surface area contributed by atoms with E-state index >= 15 is 0 Å². The molecule has 5 nitrogen and oxygen atoms in total. The van der Waals surface area contributed by atoms with Crippen LogP contribution in [0.1, 0.15) is 24.4 Å². The van der Waals surface area contributed by atoms with E-state index in [4.69, 9.17) is 16.3 Å². The predicted molar refractivity (Wildman–Crippen MR) is 137 cm³/mol. The third-order valence-electron chi connectivity index (χ3n) is 4.86. The highest BCUT2D eigenvalue weighted by Crippen LogP contribution is 2.37. The standard InChI is InChI=1S/C21H21ClIN3O2.2ClH/c22-13-10-15-17(6-9-28-21(15)16(23)11-13)24-7-3-8-25-20-12-19(27)14-4-1-2-5-18(14)26-20;;/h1-2,4-5,10-12,17,24H,3,6-9H2,(H2,25,26,27);2*1H. The number of rotatable bonds is 6. The van der Waals surface area contributed by atoms with Crippen LogP contribution < -0.4 is 20.8 Å². The Bertz CT molecular complexity index is 1060. The Morgan fingerprint density at radius 3 is 2.80 bits per heavy atom. The lowest BCUT2D eigenvalue weighted by atomic mass is 10.0. The molecule has 3 aromatic rings. The summed E-state index contributed by atoms with van der Waals surface area (Å²) in [6, 6.07) is 13.3. The minimum atomic E-state index is 0. The molecule has 1 atom stereocenters. The molecule has 4 rings (SSSR count). The normalized spacial score (nSPS) is 14.8. The molecule has 2 heterocycles. The molecule has 9 heteroatoms. The smallest absolute Gasteiger partial charge is 0.191 e. The number of H-pyrrole nitrogens is 1. The minimum absolute atomic E-state index is 0. The van der Waals surface area contributed by atoms with Crippen molar-refractivity contribution in [3.63, 3.8) is 0 Å². The van der Waals surface area contributed by atoms with Crippen LogP contribution in [0.25, 0.3) is 10.9 Å². The molecule has 162 valence electrons. The van der Waals surface area contributed by atoms with E-state index in [9.17, 15) is 4.79 Å². The number of hydrogen-bond donors (Lipinski definition) is 3. The van der Waals surface area contributed by atoms with Crippen molar-refractivity contribution in [2.45, 2.75) is 18.9 Å². The Balaban J connectivity index is 0.00000160. The third kappa shape index (κ3) is 5.73. The molecule has 1 aliphatic rings. The monoisotopic (exact) mass is 581 g/mol. The van der Waals surface area contributed by atoms with Gasteiger partial charge >= 0.3 is 0 Å². The number of anilines is 1. The van der Waals surface area contributed by atoms with Gasteiger partial charge in [0, 0.05) is 41.0 Å². The van der Waals surface area contributed by atoms with Crippen LogP contribution in [0.15, 0.2) is 47.3 Å². The zero-order chi connectivity index (χ0) is 19.5. The van der Waals surface area contributed by atoms with Crippen LogP contribution in [0, 0.1) is 3.57 Å². The highest BCUT2D eigenvalue weighted by molar-refractivity contribution is 14.1. The van der Waals surface area contributed by atoms with E-state index in [1.54, 1.807) is 6.07 Å². The fourth-order valence-corrected chi connectivity index (χ4v) is 4.73. The molecule has 1 unspecified atom stereocenters. The Kier molecular flexibility index (Phi) is 9.56. The number of pyridine rings is 1. The minimum Gasteiger partial charge on any atom is -0.492 e. The van der Waals surface area contributed by atoms with E-state index in [0.29, 0.717) is 12.0 Å². The zero-order valence-electron chi connectivity index (χ0n) is 16.0.